The number of nitrogens with one attached hydrogen (secondary N) is 1. The van der Waals surface area contributed by atoms with Crippen molar-refractivity contribution in [2.75, 3.05) is 18.4 Å². The van der Waals surface area contributed by atoms with Crippen LogP contribution in [0.2, 0.25) is 10.0 Å². The molecule has 0 saturated heterocycles. The maximum absolute atomic E-state index is 12.7. The quantitative estimate of drug-likeness (QED) is 0.640. The molecule has 0 saturated carbocycles. The van der Waals surface area contributed by atoms with Crippen LogP contribution in [0.15, 0.2) is 48.5 Å². The lowest BCUT2D eigenvalue weighted by atomic mass is 10.2. The minimum atomic E-state index is -0.333. The molecule has 0 aromatic heterocycles. The third kappa shape index (κ3) is 6.45. The summed E-state index contributed by atoms with van der Waals surface area (Å²) in [5, 5.41) is 3.16. The Morgan fingerprint density at radius 3 is 2.30 bits per heavy atom. The minimum absolute atomic E-state index is 0.0485. The van der Waals surface area contributed by atoms with Gasteiger partial charge in [0.15, 0.2) is 0 Å². The number of amides is 2. The number of carbonyl (C=O) groups excluding carboxylic acids is 2. The largest absolute Gasteiger partial charge is 0.333 e. The smallest absolute Gasteiger partial charge is 0.244 e. The maximum atomic E-state index is 12.7. The number of hydrogen-bond acceptors (Lipinski definition) is 3. The van der Waals surface area contributed by atoms with Crippen molar-refractivity contribution in [2.45, 2.75) is 24.9 Å². The first-order chi connectivity index (χ1) is 12.9. The van der Waals surface area contributed by atoms with Crippen molar-refractivity contribution in [3.63, 3.8) is 0 Å². The molecule has 27 heavy (non-hydrogen) atoms. The summed E-state index contributed by atoms with van der Waals surface area (Å²) in [7, 11) is 0. The molecule has 0 spiro atoms. The molecule has 0 bridgehead atoms. The fourth-order valence-electron chi connectivity index (χ4n) is 2.44. The van der Waals surface area contributed by atoms with Crippen LogP contribution in [0, 0.1) is 0 Å². The van der Waals surface area contributed by atoms with Crippen LogP contribution >= 0.6 is 35.0 Å². The average Bonchev–Trinajstić information content (AvgIpc) is 2.67. The molecule has 1 N–H and O–H groups in total. The van der Waals surface area contributed by atoms with Crippen LogP contribution < -0.4 is 5.32 Å². The van der Waals surface area contributed by atoms with E-state index in [9.17, 15) is 9.59 Å². The topological polar surface area (TPSA) is 49.4 Å². The number of likely N-dealkylation sites (N-methyl/N-ethyl adjacent to an activating group) is 1. The van der Waals surface area contributed by atoms with Gasteiger partial charge in [-0.25, -0.2) is 0 Å². The minimum Gasteiger partial charge on any atom is -0.333 e. The van der Waals surface area contributed by atoms with Gasteiger partial charge in [0.2, 0.25) is 11.8 Å². The highest BCUT2D eigenvalue weighted by atomic mass is 35.5. The Balaban J connectivity index is 1.92. The van der Waals surface area contributed by atoms with Crippen LogP contribution in [0.5, 0.6) is 0 Å². The van der Waals surface area contributed by atoms with Crippen molar-refractivity contribution in [1.29, 1.82) is 0 Å². The Labute approximate surface area is 174 Å². The van der Waals surface area contributed by atoms with Crippen LogP contribution in [0.1, 0.15) is 19.4 Å². The summed E-state index contributed by atoms with van der Waals surface area (Å²) in [5.74, 6) is 0.339. The van der Waals surface area contributed by atoms with Crippen molar-refractivity contribution in [2.24, 2.45) is 0 Å². The summed E-state index contributed by atoms with van der Waals surface area (Å²) in [6.45, 7) is 4.11. The number of rotatable bonds is 8. The van der Waals surface area contributed by atoms with Crippen molar-refractivity contribution in [3.8, 4) is 0 Å². The molecule has 0 radical (unpaired) electrons. The third-order valence-electron chi connectivity index (χ3n) is 3.95. The van der Waals surface area contributed by atoms with Gasteiger partial charge in [-0.2, -0.15) is 0 Å². The molecular weight excluding hydrogens is 403 g/mol. The molecule has 0 aliphatic carbocycles. The van der Waals surface area contributed by atoms with Gasteiger partial charge in [-0.3, -0.25) is 9.59 Å². The van der Waals surface area contributed by atoms with E-state index in [1.807, 2.05) is 44.2 Å². The number of thioether (sulfide) groups is 1. The lowest BCUT2D eigenvalue weighted by Gasteiger charge is -2.24. The SMILES string of the molecule is CCN(CC(=O)Nc1c(Cl)cccc1Cl)C(=O)C(C)SCc1ccccc1. The molecule has 0 heterocycles. The Morgan fingerprint density at radius 2 is 1.70 bits per heavy atom. The van der Waals surface area contributed by atoms with E-state index in [-0.39, 0.29) is 23.6 Å². The number of anilines is 1. The van der Waals surface area contributed by atoms with Gasteiger partial charge >= 0.3 is 0 Å². The van der Waals surface area contributed by atoms with E-state index in [0.717, 1.165) is 11.3 Å². The molecule has 2 rings (SSSR count). The molecule has 0 aliphatic rings. The summed E-state index contributed by atoms with van der Waals surface area (Å²) in [6.07, 6.45) is 0. The molecule has 2 aromatic rings. The van der Waals surface area contributed by atoms with Crippen LogP contribution in [-0.2, 0) is 15.3 Å². The van der Waals surface area contributed by atoms with E-state index >= 15 is 0 Å². The average molecular weight is 425 g/mol. The summed E-state index contributed by atoms with van der Waals surface area (Å²) in [6, 6.07) is 15.0. The van der Waals surface area contributed by atoms with Crippen LogP contribution in [0.25, 0.3) is 0 Å². The van der Waals surface area contributed by atoms with Gasteiger partial charge in [-0.1, -0.05) is 59.6 Å². The molecule has 2 aromatic carbocycles. The molecule has 144 valence electrons. The van der Waals surface area contributed by atoms with E-state index in [0.29, 0.717) is 22.3 Å². The molecule has 2 amide bonds. The summed E-state index contributed by atoms with van der Waals surface area (Å²) in [5.41, 5.74) is 1.53. The third-order valence-corrected chi connectivity index (χ3v) is 5.78. The number of benzene rings is 2. The number of halogens is 2. The van der Waals surface area contributed by atoms with E-state index in [1.165, 1.54) is 4.90 Å². The normalized spacial score (nSPS) is 11.7. The van der Waals surface area contributed by atoms with Crippen molar-refractivity contribution >= 4 is 52.5 Å². The molecule has 1 unspecified atom stereocenters. The predicted molar refractivity (Wildman–Crippen MR) is 115 cm³/mol. The van der Waals surface area contributed by atoms with Crippen LogP contribution in [-0.4, -0.2) is 35.1 Å². The Hall–Kier alpha value is -1.69. The Kier molecular flexibility index (Phi) is 8.48. The highest BCUT2D eigenvalue weighted by Crippen LogP contribution is 2.29. The van der Waals surface area contributed by atoms with Gasteiger partial charge in [0.25, 0.3) is 0 Å². The zero-order valence-corrected chi connectivity index (χ0v) is 17.6. The first-order valence-electron chi connectivity index (χ1n) is 8.60. The van der Waals surface area contributed by atoms with E-state index < -0.39 is 0 Å². The zero-order valence-electron chi connectivity index (χ0n) is 15.2. The predicted octanol–water partition coefficient (Wildman–Crippen LogP) is 5.10. The second-order valence-electron chi connectivity index (χ2n) is 5.94. The fourth-order valence-corrected chi connectivity index (χ4v) is 3.86. The van der Waals surface area contributed by atoms with Gasteiger partial charge in [0.05, 0.1) is 27.5 Å². The lowest BCUT2D eigenvalue weighted by Crippen LogP contribution is -2.41. The van der Waals surface area contributed by atoms with Crippen LogP contribution in [0.4, 0.5) is 5.69 Å². The Bertz CT molecular complexity index is 767. The first-order valence-corrected chi connectivity index (χ1v) is 10.4. The standard InChI is InChI=1S/C20H22Cl2N2O2S/c1-3-24(12-18(25)23-19-16(21)10-7-11-17(19)22)20(26)14(2)27-13-15-8-5-4-6-9-15/h4-11,14H,3,12-13H2,1-2H3,(H,23,25). The molecule has 4 nitrogen and oxygen atoms in total. The molecule has 1 atom stereocenters. The van der Waals surface area contributed by atoms with Gasteiger partial charge in [-0.05, 0) is 31.5 Å². The number of para-hydroxylation sites is 1. The first kappa shape index (κ1) is 21.6. The van der Waals surface area contributed by atoms with Crippen molar-refractivity contribution < 1.29 is 9.59 Å². The zero-order chi connectivity index (χ0) is 19.8. The highest BCUT2D eigenvalue weighted by molar-refractivity contribution is 7.99. The second kappa shape index (κ2) is 10.6. The lowest BCUT2D eigenvalue weighted by molar-refractivity contribution is -0.133. The second-order valence-corrected chi connectivity index (χ2v) is 8.08. The maximum Gasteiger partial charge on any atom is 0.244 e. The number of carbonyl (C=O) groups is 2. The van der Waals surface area contributed by atoms with Gasteiger partial charge in [0.1, 0.15) is 0 Å². The monoisotopic (exact) mass is 424 g/mol. The van der Waals surface area contributed by atoms with Crippen molar-refractivity contribution in [1.82, 2.24) is 4.90 Å². The van der Waals surface area contributed by atoms with E-state index in [2.05, 4.69) is 5.32 Å². The molecule has 0 aliphatic heterocycles. The fraction of sp³-hybridized carbons (Fsp3) is 0.300. The summed E-state index contributed by atoms with van der Waals surface area (Å²) < 4.78 is 0. The van der Waals surface area contributed by atoms with Gasteiger partial charge in [-0.15, -0.1) is 11.8 Å². The van der Waals surface area contributed by atoms with Gasteiger partial charge in [0, 0.05) is 12.3 Å². The number of nitrogens with zero attached hydrogens (tertiary/aromatic N) is 1. The van der Waals surface area contributed by atoms with E-state index in [1.54, 1.807) is 30.0 Å². The molecule has 0 fully saturated rings. The van der Waals surface area contributed by atoms with E-state index in [4.69, 9.17) is 23.2 Å². The Morgan fingerprint density at radius 1 is 1.07 bits per heavy atom. The summed E-state index contributed by atoms with van der Waals surface area (Å²) in [4.78, 5) is 26.6. The summed E-state index contributed by atoms with van der Waals surface area (Å²) >= 11 is 13.7. The van der Waals surface area contributed by atoms with Gasteiger partial charge < -0.3 is 10.2 Å². The number of hydrogen-bond donors (Lipinski definition) is 1. The van der Waals surface area contributed by atoms with Crippen LogP contribution in [0.3, 0.4) is 0 Å². The highest BCUT2D eigenvalue weighted by Gasteiger charge is 2.22. The molecular formula is C20H22Cl2N2O2S. The van der Waals surface area contributed by atoms with Crippen molar-refractivity contribution in [3.05, 3.63) is 64.1 Å². The molecule has 7 heteroatoms.